The maximum atomic E-state index is 11.1. The summed E-state index contributed by atoms with van der Waals surface area (Å²) >= 11 is 1.31. The molecule has 0 amide bonds. The number of hydrogen-bond donors (Lipinski definition) is 2. The number of carboxylic acid groups (broad SMARTS) is 1. The second kappa shape index (κ2) is 4.93. The molecule has 1 unspecified atom stereocenters. The molecule has 1 fully saturated rings. The van der Waals surface area contributed by atoms with Gasteiger partial charge < -0.3 is 10.4 Å². The van der Waals surface area contributed by atoms with Gasteiger partial charge in [0.2, 0.25) is 0 Å². The number of hydrogen-bond acceptors (Lipinski definition) is 4. The van der Waals surface area contributed by atoms with Gasteiger partial charge >= 0.3 is 5.97 Å². The van der Waals surface area contributed by atoms with Gasteiger partial charge in [-0.15, -0.1) is 11.3 Å². The maximum absolute atomic E-state index is 11.1. The molecule has 0 bridgehead atoms. The molecule has 88 valence electrons. The first-order valence-electron chi connectivity index (χ1n) is 5.68. The van der Waals surface area contributed by atoms with Crippen LogP contribution in [0.5, 0.6) is 0 Å². The summed E-state index contributed by atoms with van der Waals surface area (Å²) in [6.07, 6.45) is 4.12. The number of thiazole rings is 1. The highest BCUT2D eigenvalue weighted by atomic mass is 32.1. The molecule has 0 saturated carbocycles. The molecule has 1 aliphatic heterocycles. The summed E-state index contributed by atoms with van der Waals surface area (Å²) in [4.78, 5) is 16.0. The average Bonchev–Trinajstić information content (AvgIpc) is 2.74. The smallest absolute Gasteiger partial charge is 0.347 e. The molecule has 1 atom stereocenters. The molecule has 2 heterocycles. The zero-order chi connectivity index (χ0) is 11.5. The fraction of sp³-hybridized carbons (Fsp3) is 0.636. The van der Waals surface area contributed by atoms with Crippen LogP contribution in [0.3, 0.4) is 0 Å². The molecule has 0 aromatic carbocycles. The van der Waals surface area contributed by atoms with Crippen LogP contribution >= 0.6 is 11.3 Å². The van der Waals surface area contributed by atoms with Crippen LogP contribution in [0.4, 0.5) is 0 Å². The van der Waals surface area contributed by atoms with E-state index in [-0.39, 0.29) is 6.04 Å². The Hall–Kier alpha value is -0.940. The van der Waals surface area contributed by atoms with Gasteiger partial charge in [-0.2, -0.15) is 0 Å². The maximum Gasteiger partial charge on any atom is 0.347 e. The van der Waals surface area contributed by atoms with Crippen LogP contribution in [-0.2, 0) is 6.42 Å². The third-order valence-corrected chi connectivity index (χ3v) is 4.04. The molecule has 5 heteroatoms. The SMILES string of the molecule is CCc1nc(C2CCCCN2)c(C(=O)O)s1. The van der Waals surface area contributed by atoms with Crippen LogP contribution in [0.15, 0.2) is 0 Å². The fourth-order valence-electron chi connectivity index (χ4n) is 2.00. The topological polar surface area (TPSA) is 62.2 Å². The number of piperidine rings is 1. The zero-order valence-corrected chi connectivity index (χ0v) is 10.1. The lowest BCUT2D eigenvalue weighted by Gasteiger charge is -2.22. The minimum Gasteiger partial charge on any atom is -0.477 e. The summed E-state index contributed by atoms with van der Waals surface area (Å²) in [7, 11) is 0. The van der Waals surface area contributed by atoms with Crippen molar-refractivity contribution in [1.29, 1.82) is 0 Å². The summed E-state index contributed by atoms with van der Waals surface area (Å²) in [5.74, 6) is -0.848. The minimum atomic E-state index is -0.848. The molecular formula is C11H16N2O2S. The molecule has 0 aliphatic carbocycles. The van der Waals surface area contributed by atoms with Crippen LogP contribution in [0.25, 0.3) is 0 Å². The van der Waals surface area contributed by atoms with Gasteiger partial charge in [-0.1, -0.05) is 13.3 Å². The van der Waals surface area contributed by atoms with E-state index >= 15 is 0 Å². The Balaban J connectivity index is 2.29. The molecule has 2 N–H and O–H groups in total. The third kappa shape index (κ3) is 2.25. The Labute approximate surface area is 98.7 Å². The van der Waals surface area contributed by atoms with Crippen molar-refractivity contribution in [2.45, 2.75) is 38.6 Å². The van der Waals surface area contributed by atoms with E-state index in [1.165, 1.54) is 17.8 Å². The number of aryl methyl sites for hydroxylation is 1. The summed E-state index contributed by atoms with van der Waals surface area (Å²) in [6, 6.07) is 0.136. The quantitative estimate of drug-likeness (QED) is 0.850. The molecule has 4 nitrogen and oxygen atoms in total. The Morgan fingerprint density at radius 2 is 2.44 bits per heavy atom. The van der Waals surface area contributed by atoms with Gasteiger partial charge in [0.15, 0.2) is 0 Å². The molecule has 2 rings (SSSR count). The van der Waals surface area contributed by atoms with Crippen LogP contribution in [-0.4, -0.2) is 22.6 Å². The summed E-state index contributed by atoms with van der Waals surface area (Å²) in [5.41, 5.74) is 0.744. The van der Waals surface area contributed by atoms with Gasteiger partial charge in [0.05, 0.1) is 16.7 Å². The predicted octanol–water partition coefficient (Wildman–Crippen LogP) is 2.22. The van der Waals surface area contributed by atoms with E-state index in [1.807, 2.05) is 6.92 Å². The normalized spacial score (nSPS) is 20.9. The predicted molar refractivity (Wildman–Crippen MR) is 63.0 cm³/mol. The second-order valence-corrected chi connectivity index (χ2v) is 5.07. The lowest BCUT2D eigenvalue weighted by molar-refractivity contribution is 0.0699. The largest absolute Gasteiger partial charge is 0.477 e. The third-order valence-electron chi connectivity index (χ3n) is 2.83. The lowest BCUT2D eigenvalue weighted by Crippen LogP contribution is -2.28. The molecule has 16 heavy (non-hydrogen) atoms. The van der Waals surface area contributed by atoms with Gasteiger partial charge in [-0.25, -0.2) is 9.78 Å². The van der Waals surface area contributed by atoms with Crippen molar-refractivity contribution >= 4 is 17.3 Å². The Morgan fingerprint density at radius 1 is 1.62 bits per heavy atom. The summed E-state index contributed by atoms with van der Waals surface area (Å²) < 4.78 is 0. The zero-order valence-electron chi connectivity index (χ0n) is 9.32. The van der Waals surface area contributed by atoms with Gasteiger partial charge in [-0.05, 0) is 25.8 Å². The summed E-state index contributed by atoms with van der Waals surface area (Å²) in [6.45, 7) is 2.96. The number of carboxylic acids is 1. The number of carbonyl (C=O) groups is 1. The van der Waals surface area contributed by atoms with E-state index < -0.39 is 5.97 Å². The van der Waals surface area contributed by atoms with Crippen LogP contribution in [0.2, 0.25) is 0 Å². The van der Waals surface area contributed by atoms with E-state index in [0.29, 0.717) is 4.88 Å². The standard InChI is InChI=1S/C11H16N2O2S/c1-2-8-13-9(10(16-8)11(14)15)7-5-3-4-6-12-7/h7,12H,2-6H2,1H3,(H,14,15). The fourth-order valence-corrected chi connectivity index (χ4v) is 2.91. The van der Waals surface area contributed by atoms with Crippen molar-refractivity contribution in [3.05, 3.63) is 15.6 Å². The Bertz CT molecular complexity index is 383. The highest BCUT2D eigenvalue weighted by Gasteiger charge is 2.25. The first kappa shape index (κ1) is 11.5. The minimum absolute atomic E-state index is 0.136. The number of aromatic nitrogens is 1. The Kier molecular flexibility index (Phi) is 3.56. The van der Waals surface area contributed by atoms with E-state index in [9.17, 15) is 4.79 Å². The molecule has 1 saturated heterocycles. The Morgan fingerprint density at radius 3 is 3.00 bits per heavy atom. The highest BCUT2D eigenvalue weighted by molar-refractivity contribution is 7.13. The number of rotatable bonds is 3. The monoisotopic (exact) mass is 240 g/mol. The van der Waals surface area contributed by atoms with E-state index in [1.54, 1.807) is 0 Å². The van der Waals surface area contributed by atoms with E-state index in [0.717, 1.165) is 36.5 Å². The van der Waals surface area contributed by atoms with Crippen molar-refractivity contribution in [2.75, 3.05) is 6.54 Å². The first-order valence-corrected chi connectivity index (χ1v) is 6.50. The van der Waals surface area contributed by atoms with E-state index in [2.05, 4.69) is 10.3 Å². The molecular weight excluding hydrogens is 224 g/mol. The first-order chi connectivity index (χ1) is 7.72. The average molecular weight is 240 g/mol. The van der Waals surface area contributed by atoms with Crippen molar-refractivity contribution in [2.24, 2.45) is 0 Å². The molecule has 0 spiro atoms. The molecule has 0 radical (unpaired) electrons. The van der Waals surface area contributed by atoms with Crippen molar-refractivity contribution in [3.8, 4) is 0 Å². The molecule has 1 aromatic rings. The number of nitrogens with one attached hydrogen (secondary N) is 1. The summed E-state index contributed by atoms with van der Waals surface area (Å²) in [5, 5.41) is 13.4. The van der Waals surface area contributed by atoms with Crippen molar-refractivity contribution in [3.63, 3.8) is 0 Å². The van der Waals surface area contributed by atoms with E-state index in [4.69, 9.17) is 5.11 Å². The number of nitrogens with zero attached hydrogens (tertiary/aromatic N) is 1. The van der Waals surface area contributed by atoms with Crippen LogP contribution < -0.4 is 5.32 Å². The van der Waals surface area contributed by atoms with Gasteiger partial charge in [0.1, 0.15) is 4.88 Å². The lowest BCUT2D eigenvalue weighted by atomic mass is 10.0. The number of aromatic carboxylic acids is 1. The highest BCUT2D eigenvalue weighted by Crippen LogP contribution is 2.29. The molecule has 1 aromatic heterocycles. The van der Waals surface area contributed by atoms with Crippen LogP contribution in [0, 0.1) is 0 Å². The van der Waals surface area contributed by atoms with Gasteiger partial charge in [-0.3, -0.25) is 0 Å². The second-order valence-electron chi connectivity index (χ2n) is 3.98. The van der Waals surface area contributed by atoms with Gasteiger partial charge in [0, 0.05) is 0 Å². The van der Waals surface area contributed by atoms with Crippen molar-refractivity contribution < 1.29 is 9.90 Å². The molecule has 1 aliphatic rings. The van der Waals surface area contributed by atoms with Gasteiger partial charge in [0.25, 0.3) is 0 Å². The van der Waals surface area contributed by atoms with Crippen molar-refractivity contribution in [1.82, 2.24) is 10.3 Å². The van der Waals surface area contributed by atoms with Crippen LogP contribution in [0.1, 0.15) is 52.6 Å².